The van der Waals surface area contributed by atoms with E-state index in [9.17, 15) is 0 Å². The summed E-state index contributed by atoms with van der Waals surface area (Å²) in [5, 5.41) is 2.77. The number of hydrogen-bond donors (Lipinski definition) is 0. The van der Waals surface area contributed by atoms with Gasteiger partial charge in [0.2, 0.25) is 0 Å². The molecule has 3 aromatic rings. The monoisotopic (exact) mass is 366 g/mol. The van der Waals surface area contributed by atoms with Gasteiger partial charge in [-0.05, 0) is 46.7 Å². The second-order valence-electron chi connectivity index (χ2n) is 6.68. The molecular formula is C26H23P. The van der Waals surface area contributed by atoms with E-state index in [4.69, 9.17) is 0 Å². The van der Waals surface area contributed by atoms with Crippen molar-refractivity contribution in [3.63, 3.8) is 0 Å². The molecule has 0 unspecified atom stereocenters. The minimum atomic E-state index is -1.86. The molecule has 0 atom stereocenters. The van der Waals surface area contributed by atoms with Gasteiger partial charge in [-0.15, -0.1) is 0 Å². The highest BCUT2D eigenvalue weighted by molar-refractivity contribution is 7.91. The summed E-state index contributed by atoms with van der Waals surface area (Å²) < 4.78 is 0. The molecule has 1 aliphatic carbocycles. The van der Waals surface area contributed by atoms with E-state index in [0.29, 0.717) is 0 Å². The van der Waals surface area contributed by atoms with E-state index in [1.807, 2.05) is 0 Å². The lowest BCUT2D eigenvalue weighted by Crippen LogP contribution is -2.17. The molecule has 27 heavy (non-hydrogen) atoms. The second kappa shape index (κ2) is 8.25. The molecule has 0 saturated heterocycles. The Morgan fingerprint density at radius 1 is 0.630 bits per heavy atom. The maximum Gasteiger partial charge on any atom is -0.00937 e. The molecule has 0 radical (unpaired) electrons. The summed E-state index contributed by atoms with van der Waals surface area (Å²) >= 11 is 0. The first-order valence-electron chi connectivity index (χ1n) is 9.32. The van der Waals surface area contributed by atoms with Crippen molar-refractivity contribution < 1.29 is 0 Å². The zero-order valence-corrected chi connectivity index (χ0v) is 16.2. The second-order valence-corrected chi connectivity index (χ2v) is 9.79. The molecule has 132 valence electrons. The lowest BCUT2D eigenvalue weighted by molar-refractivity contribution is 1.27. The lowest BCUT2D eigenvalue weighted by Gasteiger charge is -2.26. The van der Waals surface area contributed by atoms with E-state index < -0.39 is 6.89 Å². The zero-order valence-electron chi connectivity index (χ0n) is 15.3. The fourth-order valence-electron chi connectivity index (χ4n) is 3.50. The SMILES string of the molecule is C1=CCC(=CP(=Cc2ccccc2)(c2ccccc2)c2ccccc2)C=C1. The van der Waals surface area contributed by atoms with Crippen molar-refractivity contribution in [2.24, 2.45) is 0 Å². The summed E-state index contributed by atoms with van der Waals surface area (Å²) in [6.45, 7) is -1.86. The number of hydrogen-bond acceptors (Lipinski definition) is 0. The van der Waals surface area contributed by atoms with Crippen LogP contribution in [0.25, 0.3) is 0 Å². The van der Waals surface area contributed by atoms with Gasteiger partial charge in [-0.2, -0.15) is 0 Å². The Balaban J connectivity index is 2.04. The van der Waals surface area contributed by atoms with Crippen LogP contribution in [0.3, 0.4) is 0 Å². The molecule has 0 N–H and O–H groups in total. The minimum absolute atomic E-state index is 0.987. The normalized spacial score (nSPS) is 15.0. The number of allylic oxidation sites excluding steroid dienone is 5. The van der Waals surface area contributed by atoms with E-state index in [1.165, 1.54) is 21.7 Å². The van der Waals surface area contributed by atoms with Crippen LogP contribution in [0.5, 0.6) is 0 Å². The van der Waals surface area contributed by atoms with Gasteiger partial charge in [0.25, 0.3) is 0 Å². The highest BCUT2D eigenvalue weighted by atomic mass is 31.2. The lowest BCUT2D eigenvalue weighted by atomic mass is 10.1. The molecule has 1 heteroatoms. The molecule has 3 aromatic carbocycles. The van der Waals surface area contributed by atoms with Crippen molar-refractivity contribution in [2.75, 3.05) is 0 Å². The van der Waals surface area contributed by atoms with Crippen LogP contribution >= 0.6 is 6.89 Å². The first-order chi connectivity index (χ1) is 13.4. The number of rotatable bonds is 4. The third-order valence-electron chi connectivity index (χ3n) is 4.80. The average Bonchev–Trinajstić information content (AvgIpc) is 2.76. The summed E-state index contributed by atoms with van der Waals surface area (Å²) in [6, 6.07) is 32.6. The highest BCUT2D eigenvalue weighted by Crippen LogP contribution is 2.48. The molecule has 0 heterocycles. The maximum absolute atomic E-state index is 2.53. The van der Waals surface area contributed by atoms with Gasteiger partial charge in [-0.3, -0.25) is 0 Å². The van der Waals surface area contributed by atoms with Crippen molar-refractivity contribution in [3.8, 4) is 0 Å². The smallest absolute Gasteiger partial charge is 0.00937 e. The minimum Gasteiger partial charge on any atom is -0.0801 e. The first kappa shape index (κ1) is 17.6. The molecule has 4 rings (SSSR count). The van der Waals surface area contributed by atoms with Gasteiger partial charge in [0.05, 0.1) is 0 Å². The van der Waals surface area contributed by atoms with Crippen LogP contribution in [0.1, 0.15) is 12.0 Å². The fourth-order valence-corrected chi connectivity index (χ4v) is 7.15. The van der Waals surface area contributed by atoms with Gasteiger partial charge < -0.3 is 0 Å². The maximum atomic E-state index is 2.53. The van der Waals surface area contributed by atoms with Crippen LogP contribution in [0.4, 0.5) is 0 Å². The van der Waals surface area contributed by atoms with Crippen LogP contribution in [0.15, 0.2) is 127 Å². The van der Waals surface area contributed by atoms with Crippen LogP contribution < -0.4 is 10.6 Å². The average molecular weight is 366 g/mol. The van der Waals surface area contributed by atoms with E-state index >= 15 is 0 Å². The van der Waals surface area contributed by atoms with Crippen molar-refractivity contribution in [3.05, 3.63) is 132 Å². The van der Waals surface area contributed by atoms with E-state index in [-0.39, 0.29) is 0 Å². The molecule has 1 aliphatic rings. The summed E-state index contributed by atoms with van der Waals surface area (Å²) in [5.41, 5.74) is 2.65. The first-order valence-corrected chi connectivity index (χ1v) is 11.3. The molecule has 0 saturated carbocycles. The summed E-state index contributed by atoms with van der Waals surface area (Å²) in [6.07, 6.45) is 9.74. The quantitative estimate of drug-likeness (QED) is 0.504. The molecular weight excluding hydrogens is 343 g/mol. The fraction of sp³-hybridized carbons (Fsp3) is 0.0385. The zero-order chi connectivity index (χ0) is 18.4. The van der Waals surface area contributed by atoms with Crippen molar-refractivity contribution in [1.82, 2.24) is 0 Å². The predicted octanol–water partition coefficient (Wildman–Crippen LogP) is 5.91. The van der Waals surface area contributed by atoms with Gasteiger partial charge in [-0.25, -0.2) is 0 Å². The summed E-state index contributed by atoms with van der Waals surface area (Å²) in [4.78, 5) is 0. The Bertz CT molecular complexity index is 980. The third kappa shape index (κ3) is 3.97. The third-order valence-corrected chi connectivity index (χ3v) is 8.55. The summed E-state index contributed by atoms with van der Waals surface area (Å²) in [5.74, 6) is 5.03. The van der Waals surface area contributed by atoms with E-state index in [0.717, 1.165) is 6.42 Å². The van der Waals surface area contributed by atoms with Gasteiger partial charge in [0.1, 0.15) is 0 Å². The highest BCUT2D eigenvalue weighted by Gasteiger charge is 2.21. The Kier molecular flexibility index (Phi) is 5.37. The van der Waals surface area contributed by atoms with Crippen LogP contribution in [0, 0.1) is 0 Å². The molecule has 0 fully saturated rings. The van der Waals surface area contributed by atoms with E-state index in [1.54, 1.807) is 0 Å². The van der Waals surface area contributed by atoms with Crippen LogP contribution in [0.2, 0.25) is 0 Å². The Labute approximate surface area is 162 Å². The molecule has 0 aromatic heterocycles. The largest absolute Gasteiger partial charge is 0.0801 e. The number of benzene rings is 3. The molecule has 0 bridgehead atoms. The molecule has 0 spiro atoms. The predicted molar refractivity (Wildman–Crippen MR) is 122 cm³/mol. The Hall–Kier alpha value is -2.82. The summed E-state index contributed by atoms with van der Waals surface area (Å²) in [7, 11) is 0. The van der Waals surface area contributed by atoms with Crippen LogP contribution in [-0.4, -0.2) is 5.80 Å². The topological polar surface area (TPSA) is 0 Å². The van der Waals surface area contributed by atoms with Crippen molar-refractivity contribution >= 4 is 23.3 Å². The Morgan fingerprint density at radius 2 is 1.19 bits per heavy atom. The van der Waals surface area contributed by atoms with Gasteiger partial charge in [0, 0.05) is 0 Å². The van der Waals surface area contributed by atoms with Crippen molar-refractivity contribution in [2.45, 2.75) is 6.42 Å². The molecule has 0 aliphatic heterocycles. The van der Waals surface area contributed by atoms with Gasteiger partial charge >= 0.3 is 0 Å². The molecule has 0 amide bonds. The standard InChI is InChI=1S/C26H23P/c1-5-13-23(14-6-1)21-27(25-17-9-3-10-18-25,26-19-11-4-12-20-26)22-24-15-7-2-8-16-24/h1-15,17-22H,16H2. The van der Waals surface area contributed by atoms with Gasteiger partial charge in [-0.1, -0.05) is 115 Å². The van der Waals surface area contributed by atoms with Crippen LogP contribution in [-0.2, 0) is 0 Å². The van der Waals surface area contributed by atoms with Gasteiger partial charge in [0.15, 0.2) is 0 Å². The van der Waals surface area contributed by atoms with Crippen molar-refractivity contribution in [1.29, 1.82) is 0 Å². The van der Waals surface area contributed by atoms with E-state index in [2.05, 4.69) is 127 Å². The molecule has 0 nitrogen and oxygen atoms in total. The Morgan fingerprint density at radius 3 is 1.70 bits per heavy atom.